The predicted molar refractivity (Wildman–Crippen MR) is 99.5 cm³/mol. The second-order valence-corrected chi connectivity index (χ2v) is 8.32. The Bertz CT molecular complexity index is 436. The van der Waals surface area contributed by atoms with Crippen LogP contribution in [0, 0.1) is 0 Å². The largest absolute Gasteiger partial charge is 0.353 e. The van der Waals surface area contributed by atoms with Crippen molar-refractivity contribution in [2.45, 2.75) is 82.4 Å². The van der Waals surface area contributed by atoms with Crippen LogP contribution in [0.4, 0.5) is 0 Å². The Morgan fingerprint density at radius 1 is 1.26 bits per heavy atom. The van der Waals surface area contributed by atoms with Crippen LogP contribution in [0.3, 0.4) is 0 Å². The van der Waals surface area contributed by atoms with Crippen LogP contribution in [0.5, 0.6) is 0 Å². The molecule has 2 fully saturated rings. The van der Waals surface area contributed by atoms with Crippen molar-refractivity contribution in [3.8, 4) is 0 Å². The van der Waals surface area contributed by atoms with Crippen LogP contribution in [0.2, 0.25) is 0 Å². The summed E-state index contributed by atoms with van der Waals surface area (Å²) in [6, 6.07) is 0.402. The molecular formula is C17H28N2O2S2. The lowest BCUT2D eigenvalue weighted by molar-refractivity contribution is -0.126. The zero-order valence-corrected chi connectivity index (χ0v) is 15.6. The SMILES string of the molecule is CCC1SC(=S)N(CCCCCC(=O)NC2CCCCC2)C1=O. The lowest BCUT2D eigenvalue weighted by Crippen LogP contribution is -2.36. The van der Waals surface area contributed by atoms with Gasteiger partial charge < -0.3 is 5.32 Å². The second kappa shape index (κ2) is 9.62. The lowest BCUT2D eigenvalue weighted by Gasteiger charge is -2.22. The quantitative estimate of drug-likeness (QED) is 0.533. The minimum absolute atomic E-state index is 0.0174. The van der Waals surface area contributed by atoms with Crippen LogP contribution in [0.15, 0.2) is 0 Å². The highest BCUT2D eigenvalue weighted by molar-refractivity contribution is 8.24. The summed E-state index contributed by atoms with van der Waals surface area (Å²) in [4.78, 5) is 25.8. The number of carbonyl (C=O) groups excluding carboxylic acids is 2. The Hall–Kier alpha value is -0.620. The Balaban J connectivity index is 1.56. The number of hydrogen-bond donors (Lipinski definition) is 1. The molecule has 0 aromatic rings. The van der Waals surface area contributed by atoms with Crippen LogP contribution in [-0.2, 0) is 9.59 Å². The Labute approximate surface area is 149 Å². The van der Waals surface area contributed by atoms with Crippen molar-refractivity contribution < 1.29 is 9.59 Å². The van der Waals surface area contributed by atoms with Crippen LogP contribution in [0.1, 0.15) is 71.1 Å². The summed E-state index contributed by atoms with van der Waals surface area (Å²) in [5.41, 5.74) is 0. The van der Waals surface area contributed by atoms with Gasteiger partial charge in [-0.05, 0) is 32.1 Å². The Kier molecular flexibility index (Phi) is 7.83. The maximum Gasteiger partial charge on any atom is 0.241 e. The van der Waals surface area contributed by atoms with Crippen LogP contribution < -0.4 is 5.32 Å². The summed E-state index contributed by atoms with van der Waals surface area (Å²) >= 11 is 6.79. The van der Waals surface area contributed by atoms with Gasteiger partial charge in [0, 0.05) is 19.0 Å². The molecule has 1 aliphatic heterocycles. The van der Waals surface area contributed by atoms with E-state index in [-0.39, 0.29) is 17.1 Å². The molecule has 0 aromatic heterocycles. The average molecular weight is 357 g/mol. The van der Waals surface area contributed by atoms with Crippen molar-refractivity contribution in [1.29, 1.82) is 0 Å². The molecule has 1 heterocycles. The molecule has 1 atom stereocenters. The zero-order valence-electron chi connectivity index (χ0n) is 14.0. The van der Waals surface area contributed by atoms with E-state index in [4.69, 9.17) is 12.2 Å². The average Bonchev–Trinajstić information content (AvgIpc) is 2.82. The first-order valence-electron chi connectivity index (χ1n) is 8.93. The Morgan fingerprint density at radius 2 is 2.00 bits per heavy atom. The third kappa shape index (κ3) is 5.75. The van der Waals surface area contributed by atoms with Crippen molar-refractivity contribution in [2.75, 3.05) is 6.54 Å². The van der Waals surface area contributed by atoms with Crippen LogP contribution in [0.25, 0.3) is 0 Å². The number of hydrogen-bond acceptors (Lipinski definition) is 4. The molecule has 0 spiro atoms. The summed E-state index contributed by atoms with van der Waals surface area (Å²) in [6.07, 6.45) is 10.3. The van der Waals surface area contributed by atoms with E-state index in [1.807, 2.05) is 6.92 Å². The minimum Gasteiger partial charge on any atom is -0.353 e. The molecule has 1 N–H and O–H groups in total. The molecule has 0 aromatic carbocycles. The van der Waals surface area contributed by atoms with Crippen molar-refractivity contribution in [3.63, 3.8) is 0 Å². The van der Waals surface area contributed by atoms with Gasteiger partial charge in [0.1, 0.15) is 4.32 Å². The molecule has 0 radical (unpaired) electrons. The molecule has 1 saturated heterocycles. The van der Waals surface area contributed by atoms with E-state index in [0.29, 0.717) is 19.0 Å². The molecule has 2 rings (SSSR count). The highest BCUT2D eigenvalue weighted by Crippen LogP contribution is 2.29. The highest BCUT2D eigenvalue weighted by atomic mass is 32.2. The maximum atomic E-state index is 12.1. The first kappa shape index (κ1) is 18.7. The molecule has 2 amide bonds. The summed E-state index contributed by atoms with van der Waals surface area (Å²) in [5.74, 6) is 0.351. The molecule has 0 bridgehead atoms. The van der Waals surface area contributed by atoms with E-state index >= 15 is 0 Å². The predicted octanol–water partition coefficient (Wildman–Crippen LogP) is 3.63. The number of carbonyl (C=O) groups is 2. The molecule has 2 aliphatic rings. The number of thioether (sulfide) groups is 1. The zero-order chi connectivity index (χ0) is 16.7. The van der Waals surface area contributed by atoms with Crippen molar-refractivity contribution in [2.24, 2.45) is 0 Å². The first-order valence-corrected chi connectivity index (χ1v) is 10.2. The Morgan fingerprint density at radius 3 is 2.65 bits per heavy atom. The van der Waals surface area contributed by atoms with Gasteiger partial charge >= 0.3 is 0 Å². The molecule has 4 nitrogen and oxygen atoms in total. The van der Waals surface area contributed by atoms with Crippen molar-refractivity contribution in [3.05, 3.63) is 0 Å². The van der Waals surface area contributed by atoms with E-state index < -0.39 is 0 Å². The van der Waals surface area contributed by atoms with E-state index in [9.17, 15) is 9.59 Å². The monoisotopic (exact) mass is 356 g/mol. The number of unbranched alkanes of at least 4 members (excludes halogenated alkanes) is 2. The fourth-order valence-corrected chi connectivity index (χ4v) is 4.71. The minimum atomic E-state index is 0.0174. The van der Waals surface area contributed by atoms with Gasteiger partial charge in [0.05, 0.1) is 5.25 Å². The molecule has 6 heteroatoms. The molecule has 1 unspecified atom stereocenters. The van der Waals surface area contributed by atoms with Crippen molar-refractivity contribution >= 4 is 40.1 Å². The molecule has 1 aliphatic carbocycles. The van der Waals surface area contributed by atoms with Gasteiger partial charge in [-0.15, -0.1) is 0 Å². The van der Waals surface area contributed by atoms with Crippen LogP contribution >= 0.6 is 24.0 Å². The normalized spacial score (nSPS) is 22.7. The topological polar surface area (TPSA) is 49.4 Å². The standard InChI is InChI=1S/C17H28N2O2S2/c1-2-14-16(21)19(17(22)23-14)12-8-4-7-11-15(20)18-13-9-5-3-6-10-13/h13-14H,2-12H2,1H3,(H,18,20). The number of thiocarbonyl (C=S) groups is 1. The number of amides is 2. The van der Waals surface area contributed by atoms with Gasteiger partial charge in [-0.3, -0.25) is 14.5 Å². The molecule has 23 heavy (non-hydrogen) atoms. The summed E-state index contributed by atoms with van der Waals surface area (Å²) in [7, 11) is 0. The summed E-state index contributed by atoms with van der Waals surface area (Å²) in [6.45, 7) is 2.72. The van der Waals surface area contributed by atoms with Gasteiger partial charge in [-0.1, -0.05) is 56.6 Å². The van der Waals surface area contributed by atoms with Gasteiger partial charge in [-0.2, -0.15) is 0 Å². The van der Waals surface area contributed by atoms with Gasteiger partial charge in [0.25, 0.3) is 0 Å². The molecule has 130 valence electrons. The molecular weight excluding hydrogens is 328 g/mol. The third-order valence-corrected chi connectivity index (χ3v) is 6.38. The first-order chi connectivity index (χ1) is 11.1. The van der Waals surface area contributed by atoms with E-state index in [0.717, 1.165) is 42.8 Å². The van der Waals surface area contributed by atoms with Gasteiger partial charge in [-0.25, -0.2) is 0 Å². The maximum absolute atomic E-state index is 12.1. The number of nitrogens with zero attached hydrogens (tertiary/aromatic N) is 1. The van der Waals surface area contributed by atoms with Crippen LogP contribution in [-0.4, -0.2) is 38.9 Å². The van der Waals surface area contributed by atoms with E-state index in [1.54, 1.807) is 4.90 Å². The van der Waals surface area contributed by atoms with Crippen molar-refractivity contribution in [1.82, 2.24) is 10.2 Å². The highest BCUT2D eigenvalue weighted by Gasteiger charge is 2.34. The summed E-state index contributed by atoms with van der Waals surface area (Å²) in [5, 5.41) is 3.17. The fourth-order valence-electron chi connectivity index (χ4n) is 3.24. The fraction of sp³-hybridized carbons (Fsp3) is 0.824. The molecule has 1 saturated carbocycles. The van der Waals surface area contributed by atoms with Gasteiger partial charge in [0.15, 0.2) is 0 Å². The van der Waals surface area contributed by atoms with E-state index in [2.05, 4.69) is 5.32 Å². The summed E-state index contributed by atoms with van der Waals surface area (Å²) < 4.78 is 0.719. The number of rotatable bonds is 8. The second-order valence-electron chi connectivity index (χ2n) is 6.48. The van der Waals surface area contributed by atoms with Gasteiger partial charge in [0.2, 0.25) is 11.8 Å². The third-order valence-electron chi connectivity index (χ3n) is 4.63. The van der Waals surface area contributed by atoms with E-state index in [1.165, 1.54) is 31.0 Å². The smallest absolute Gasteiger partial charge is 0.241 e. The lowest BCUT2D eigenvalue weighted by atomic mass is 9.95. The number of nitrogens with one attached hydrogen (secondary N) is 1.